The number of hydrogen-bond donors (Lipinski definition) is 0. The van der Waals surface area contributed by atoms with Crippen LogP contribution in [0.15, 0.2) is 0 Å². The molecular formula is C10H19N3. The Hall–Kier alpha value is -0.590. The Morgan fingerprint density at radius 1 is 1.46 bits per heavy atom. The van der Waals surface area contributed by atoms with Crippen molar-refractivity contribution in [2.24, 2.45) is 0 Å². The normalized spacial score (nSPS) is 26.2. The van der Waals surface area contributed by atoms with Crippen LogP contribution in [0.4, 0.5) is 0 Å². The van der Waals surface area contributed by atoms with Gasteiger partial charge in [0.1, 0.15) is 0 Å². The summed E-state index contributed by atoms with van der Waals surface area (Å²) in [4.78, 5) is 8.24. The molecule has 1 aliphatic rings. The molecule has 0 unspecified atom stereocenters. The van der Waals surface area contributed by atoms with Crippen molar-refractivity contribution in [1.82, 2.24) is 9.80 Å². The highest BCUT2D eigenvalue weighted by Gasteiger charge is 2.27. The fourth-order valence-corrected chi connectivity index (χ4v) is 1.74. The minimum atomic E-state index is 0.439. The zero-order valence-corrected chi connectivity index (χ0v) is 8.82. The van der Waals surface area contributed by atoms with Gasteiger partial charge in [-0.1, -0.05) is 0 Å². The molecule has 1 saturated heterocycles. The van der Waals surface area contributed by atoms with E-state index >= 15 is 0 Å². The predicted octanol–water partition coefficient (Wildman–Crippen LogP) is 0.930. The third-order valence-corrected chi connectivity index (χ3v) is 2.84. The monoisotopic (exact) mass is 181 g/mol. The summed E-state index contributed by atoms with van der Waals surface area (Å²) in [5.41, 5.74) is 0. The summed E-state index contributed by atoms with van der Waals surface area (Å²) < 4.78 is 0. The van der Waals surface area contributed by atoms with E-state index in [0.29, 0.717) is 18.6 Å². The SMILES string of the molecule is [C-]#[N+]C[C@H]1CN(C(C)C)CCN1C. The molecule has 13 heavy (non-hydrogen) atoms. The summed E-state index contributed by atoms with van der Waals surface area (Å²) in [7, 11) is 2.12. The van der Waals surface area contributed by atoms with Crippen LogP contribution in [0, 0.1) is 6.57 Å². The first-order valence-electron chi connectivity index (χ1n) is 4.92. The van der Waals surface area contributed by atoms with Gasteiger partial charge in [0.05, 0.1) is 6.04 Å². The number of piperazine rings is 1. The van der Waals surface area contributed by atoms with Crippen LogP contribution in [0.5, 0.6) is 0 Å². The summed E-state index contributed by atoms with van der Waals surface area (Å²) in [5, 5.41) is 0. The van der Waals surface area contributed by atoms with E-state index < -0.39 is 0 Å². The summed E-state index contributed by atoms with van der Waals surface area (Å²) in [5.74, 6) is 0. The van der Waals surface area contributed by atoms with E-state index in [4.69, 9.17) is 6.57 Å². The summed E-state index contributed by atoms with van der Waals surface area (Å²) >= 11 is 0. The molecule has 0 spiro atoms. The minimum absolute atomic E-state index is 0.439. The Labute approximate surface area is 81.1 Å². The summed E-state index contributed by atoms with van der Waals surface area (Å²) in [6.45, 7) is 15.3. The summed E-state index contributed by atoms with van der Waals surface area (Å²) in [6, 6.07) is 1.05. The second kappa shape index (κ2) is 4.59. The maximum Gasteiger partial charge on any atom is 0.231 e. The van der Waals surface area contributed by atoms with Crippen LogP contribution >= 0.6 is 0 Å². The molecule has 1 heterocycles. The van der Waals surface area contributed by atoms with Gasteiger partial charge in [0.2, 0.25) is 6.54 Å². The quantitative estimate of drug-likeness (QED) is 0.587. The first-order chi connectivity index (χ1) is 6.15. The third kappa shape index (κ3) is 2.68. The van der Waals surface area contributed by atoms with Crippen molar-refractivity contribution >= 4 is 0 Å². The molecule has 3 heteroatoms. The number of hydrogen-bond acceptors (Lipinski definition) is 2. The topological polar surface area (TPSA) is 10.8 Å². The molecule has 0 saturated carbocycles. The van der Waals surface area contributed by atoms with Gasteiger partial charge in [-0.05, 0) is 20.9 Å². The Bertz CT molecular complexity index is 195. The molecule has 0 aromatic carbocycles. The standard InChI is InChI=1S/C10H19N3/c1-9(2)13-6-5-12(4)10(8-13)7-11-3/h9-10H,5-8H2,1-2,4H3/t10-/m0/s1. The van der Waals surface area contributed by atoms with Gasteiger partial charge in [0.15, 0.2) is 0 Å². The van der Waals surface area contributed by atoms with Crippen molar-refractivity contribution in [1.29, 1.82) is 0 Å². The van der Waals surface area contributed by atoms with E-state index in [2.05, 4.69) is 35.5 Å². The van der Waals surface area contributed by atoms with Crippen LogP contribution in [-0.2, 0) is 0 Å². The number of likely N-dealkylation sites (N-methyl/N-ethyl adjacent to an activating group) is 1. The van der Waals surface area contributed by atoms with Crippen LogP contribution in [0.2, 0.25) is 0 Å². The molecule has 1 atom stereocenters. The highest BCUT2D eigenvalue weighted by Crippen LogP contribution is 2.10. The van der Waals surface area contributed by atoms with Crippen molar-refractivity contribution in [3.05, 3.63) is 11.4 Å². The molecule has 1 aliphatic heterocycles. The molecule has 1 rings (SSSR count). The number of nitrogens with zero attached hydrogens (tertiary/aromatic N) is 3. The lowest BCUT2D eigenvalue weighted by Gasteiger charge is -2.39. The van der Waals surface area contributed by atoms with Crippen molar-refractivity contribution < 1.29 is 0 Å². The largest absolute Gasteiger partial charge is 0.315 e. The molecule has 0 amide bonds. The second-order valence-corrected chi connectivity index (χ2v) is 4.06. The lowest BCUT2D eigenvalue weighted by atomic mass is 10.1. The zero-order valence-electron chi connectivity index (χ0n) is 8.82. The Balaban J connectivity index is 2.48. The van der Waals surface area contributed by atoms with Crippen LogP contribution in [-0.4, -0.2) is 55.1 Å². The first-order valence-corrected chi connectivity index (χ1v) is 4.92. The van der Waals surface area contributed by atoms with Gasteiger partial charge >= 0.3 is 0 Å². The Morgan fingerprint density at radius 2 is 2.15 bits per heavy atom. The second-order valence-electron chi connectivity index (χ2n) is 4.06. The average molecular weight is 181 g/mol. The van der Waals surface area contributed by atoms with Gasteiger partial charge in [-0.3, -0.25) is 9.80 Å². The molecule has 74 valence electrons. The first kappa shape index (κ1) is 10.5. The zero-order chi connectivity index (χ0) is 9.84. The van der Waals surface area contributed by atoms with Crippen molar-refractivity contribution in [2.75, 3.05) is 33.2 Å². The predicted molar refractivity (Wildman–Crippen MR) is 54.6 cm³/mol. The third-order valence-electron chi connectivity index (χ3n) is 2.84. The maximum atomic E-state index is 6.88. The summed E-state index contributed by atoms with van der Waals surface area (Å²) in [6.07, 6.45) is 0. The molecule has 1 fully saturated rings. The van der Waals surface area contributed by atoms with Gasteiger partial charge in [-0.2, -0.15) is 0 Å². The molecule has 0 aliphatic carbocycles. The van der Waals surface area contributed by atoms with Gasteiger partial charge in [-0.15, -0.1) is 0 Å². The number of rotatable bonds is 2. The van der Waals surface area contributed by atoms with Crippen LogP contribution in [0.25, 0.3) is 4.85 Å². The smallest absolute Gasteiger partial charge is 0.231 e. The van der Waals surface area contributed by atoms with E-state index in [-0.39, 0.29) is 0 Å². The van der Waals surface area contributed by atoms with E-state index in [0.717, 1.165) is 19.6 Å². The lowest BCUT2D eigenvalue weighted by Crippen LogP contribution is -2.54. The van der Waals surface area contributed by atoms with E-state index in [1.165, 1.54) is 0 Å². The van der Waals surface area contributed by atoms with Gasteiger partial charge in [0.25, 0.3) is 0 Å². The van der Waals surface area contributed by atoms with Gasteiger partial charge < -0.3 is 4.85 Å². The Morgan fingerprint density at radius 3 is 2.69 bits per heavy atom. The molecule has 3 nitrogen and oxygen atoms in total. The highest BCUT2D eigenvalue weighted by molar-refractivity contribution is 4.86. The minimum Gasteiger partial charge on any atom is -0.315 e. The average Bonchev–Trinajstić information content (AvgIpc) is 2.08. The van der Waals surface area contributed by atoms with Crippen LogP contribution in [0.3, 0.4) is 0 Å². The maximum absolute atomic E-state index is 6.88. The van der Waals surface area contributed by atoms with E-state index in [1.54, 1.807) is 0 Å². The molecule has 0 aromatic heterocycles. The molecule has 0 radical (unpaired) electrons. The van der Waals surface area contributed by atoms with Crippen molar-refractivity contribution in [3.63, 3.8) is 0 Å². The van der Waals surface area contributed by atoms with Crippen LogP contribution < -0.4 is 0 Å². The lowest BCUT2D eigenvalue weighted by molar-refractivity contribution is 0.0819. The van der Waals surface area contributed by atoms with Gasteiger partial charge in [-0.25, -0.2) is 6.57 Å². The van der Waals surface area contributed by atoms with E-state index in [1.807, 2.05) is 0 Å². The molecular weight excluding hydrogens is 162 g/mol. The molecule has 0 N–H and O–H groups in total. The molecule has 0 bridgehead atoms. The van der Waals surface area contributed by atoms with Gasteiger partial charge in [0, 0.05) is 25.7 Å². The van der Waals surface area contributed by atoms with Crippen molar-refractivity contribution in [3.8, 4) is 0 Å². The molecule has 0 aromatic rings. The Kier molecular flexibility index (Phi) is 3.71. The fourth-order valence-electron chi connectivity index (χ4n) is 1.74. The fraction of sp³-hybridized carbons (Fsp3) is 0.900. The van der Waals surface area contributed by atoms with Crippen LogP contribution in [0.1, 0.15) is 13.8 Å². The van der Waals surface area contributed by atoms with E-state index in [9.17, 15) is 0 Å². The highest BCUT2D eigenvalue weighted by atomic mass is 15.3. The van der Waals surface area contributed by atoms with Crippen molar-refractivity contribution in [2.45, 2.75) is 25.9 Å².